The van der Waals surface area contributed by atoms with Gasteiger partial charge in [0.15, 0.2) is 0 Å². The van der Waals surface area contributed by atoms with Crippen molar-refractivity contribution in [1.29, 1.82) is 0 Å². The number of methoxy groups -OCH3 is 1. The molecule has 5 N–H and O–H groups in total. The molecule has 0 spiro atoms. The first-order valence-electron chi connectivity index (χ1n) is 10.9. The van der Waals surface area contributed by atoms with Gasteiger partial charge < -0.3 is 35.8 Å². The number of aryl methyl sites for hydroxylation is 1. The van der Waals surface area contributed by atoms with Crippen molar-refractivity contribution >= 4 is 29.8 Å². The van der Waals surface area contributed by atoms with Crippen molar-refractivity contribution < 1.29 is 38.6 Å². The molecule has 2 unspecified atom stereocenters. The van der Waals surface area contributed by atoms with E-state index < -0.39 is 67.0 Å². The van der Waals surface area contributed by atoms with E-state index in [1.165, 1.54) is 0 Å². The molecule has 1 aromatic carbocycles. The number of benzene rings is 1. The van der Waals surface area contributed by atoms with Crippen molar-refractivity contribution in [3.63, 3.8) is 0 Å². The van der Waals surface area contributed by atoms with Crippen LogP contribution in [-0.4, -0.2) is 78.2 Å². The molecule has 0 bridgehead atoms. The van der Waals surface area contributed by atoms with E-state index in [9.17, 15) is 29.1 Å². The van der Waals surface area contributed by atoms with Crippen molar-refractivity contribution in [3.8, 4) is 0 Å². The number of ether oxygens (including phenoxy) is 2. The van der Waals surface area contributed by atoms with Crippen LogP contribution in [0.15, 0.2) is 24.3 Å². The highest BCUT2D eigenvalue weighted by atomic mass is 16.6. The summed E-state index contributed by atoms with van der Waals surface area (Å²) in [5.41, 5.74) is 5.47. The average molecular weight is 495 g/mol. The topological polar surface area (TPSA) is 177 Å². The molecule has 0 fully saturated rings. The number of aliphatic hydroxyl groups is 1. The van der Waals surface area contributed by atoms with E-state index in [0.29, 0.717) is 11.1 Å². The number of hydrogen-bond donors (Lipinski definition) is 4. The molecule has 0 radical (unpaired) electrons. The summed E-state index contributed by atoms with van der Waals surface area (Å²) in [6.07, 6.45) is -1.55. The minimum absolute atomic E-state index is 0.325. The molecule has 0 heterocycles. The smallest absolute Gasteiger partial charge is 0.408 e. The molecule has 0 aliphatic heterocycles. The van der Waals surface area contributed by atoms with Crippen LogP contribution in [0.4, 0.5) is 4.79 Å². The van der Waals surface area contributed by atoms with E-state index in [-0.39, 0.29) is 6.54 Å². The second kappa shape index (κ2) is 13.3. The number of nitrogens with two attached hydrogens (primary N) is 1. The molecule has 0 saturated heterocycles. The lowest BCUT2D eigenvalue weighted by Gasteiger charge is -2.34. The Bertz CT molecular complexity index is 928. The number of hydrogen-bond acceptors (Lipinski definition) is 8. The highest BCUT2D eigenvalue weighted by Crippen LogP contribution is 2.25. The van der Waals surface area contributed by atoms with Crippen LogP contribution in [0.5, 0.6) is 0 Å². The summed E-state index contributed by atoms with van der Waals surface area (Å²) < 4.78 is 9.72. The first-order valence-corrected chi connectivity index (χ1v) is 10.9. The fourth-order valence-corrected chi connectivity index (χ4v) is 3.20. The van der Waals surface area contributed by atoms with Gasteiger partial charge in [0.25, 0.3) is 0 Å². The van der Waals surface area contributed by atoms with E-state index in [1.807, 2.05) is 0 Å². The third-order valence-corrected chi connectivity index (χ3v) is 4.70. The van der Waals surface area contributed by atoms with Crippen molar-refractivity contribution in [3.05, 3.63) is 35.4 Å². The fourth-order valence-electron chi connectivity index (χ4n) is 3.20. The summed E-state index contributed by atoms with van der Waals surface area (Å²) >= 11 is 0. The highest BCUT2D eigenvalue weighted by Gasteiger charge is 2.37. The maximum absolute atomic E-state index is 13.6. The molecule has 2 atom stereocenters. The SMILES string of the molecule is COC(=O)CNC(=O)C(c1ccccc1C)N(CCO)C(=O)C(CC(N)=O)NC(=O)OC(C)(C)C. The molecule has 0 aliphatic carbocycles. The van der Waals surface area contributed by atoms with Crippen molar-refractivity contribution in [2.45, 2.75) is 51.8 Å². The Hall–Kier alpha value is -3.67. The summed E-state index contributed by atoms with van der Waals surface area (Å²) in [5, 5.41) is 14.4. The Labute approximate surface area is 204 Å². The monoisotopic (exact) mass is 494 g/mol. The summed E-state index contributed by atoms with van der Waals surface area (Å²) in [5.74, 6) is -3.18. The minimum atomic E-state index is -1.48. The van der Waals surface area contributed by atoms with Gasteiger partial charge >= 0.3 is 12.1 Å². The lowest BCUT2D eigenvalue weighted by atomic mass is 9.97. The molecule has 194 valence electrons. The highest BCUT2D eigenvalue weighted by molar-refractivity contribution is 5.95. The lowest BCUT2D eigenvalue weighted by Crippen LogP contribution is -2.55. The van der Waals surface area contributed by atoms with Crippen LogP contribution in [0.25, 0.3) is 0 Å². The Morgan fingerprint density at radius 1 is 1.14 bits per heavy atom. The Balaban J connectivity index is 3.43. The van der Waals surface area contributed by atoms with Gasteiger partial charge in [0, 0.05) is 6.54 Å². The van der Waals surface area contributed by atoms with Gasteiger partial charge in [0.2, 0.25) is 17.7 Å². The number of aliphatic hydroxyl groups excluding tert-OH is 1. The van der Waals surface area contributed by atoms with Gasteiger partial charge in [-0.25, -0.2) is 4.79 Å². The zero-order valence-electron chi connectivity index (χ0n) is 20.6. The number of primary amides is 1. The second-order valence-electron chi connectivity index (χ2n) is 8.68. The predicted octanol–water partition coefficient (Wildman–Crippen LogP) is -0.0851. The number of esters is 1. The van der Waals surface area contributed by atoms with Gasteiger partial charge in [0.05, 0.1) is 20.1 Å². The van der Waals surface area contributed by atoms with Crippen LogP contribution >= 0.6 is 0 Å². The number of amides is 4. The predicted molar refractivity (Wildman–Crippen MR) is 125 cm³/mol. The molecule has 0 aliphatic rings. The van der Waals surface area contributed by atoms with Gasteiger partial charge in [-0.1, -0.05) is 24.3 Å². The largest absolute Gasteiger partial charge is 0.468 e. The van der Waals surface area contributed by atoms with E-state index in [4.69, 9.17) is 10.5 Å². The maximum atomic E-state index is 13.6. The van der Waals surface area contributed by atoms with Crippen LogP contribution in [0.1, 0.15) is 44.4 Å². The number of nitrogens with zero attached hydrogens (tertiary/aromatic N) is 1. The van der Waals surface area contributed by atoms with Crippen molar-refractivity contribution in [2.24, 2.45) is 5.73 Å². The summed E-state index contributed by atoms with van der Waals surface area (Å²) in [7, 11) is 1.16. The van der Waals surface area contributed by atoms with Crippen LogP contribution in [0.2, 0.25) is 0 Å². The summed E-state index contributed by atoms with van der Waals surface area (Å²) in [4.78, 5) is 63.4. The molecule has 0 saturated carbocycles. The van der Waals surface area contributed by atoms with Gasteiger partial charge in [-0.05, 0) is 38.8 Å². The van der Waals surface area contributed by atoms with Crippen LogP contribution < -0.4 is 16.4 Å². The molecular formula is C23H34N4O8. The number of rotatable bonds is 11. The third-order valence-electron chi connectivity index (χ3n) is 4.70. The van der Waals surface area contributed by atoms with E-state index in [0.717, 1.165) is 12.0 Å². The van der Waals surface area contributed by atoms with Crippen molar-refractivity contribution in [1.82, 2.24) is 15.5 Å². The first kappa shape index (κ1) is 29.4. The van der Waals surface area contributed by atoms with Gasteiger partial charge in [-0.15, -0.1) is 0 Å². The van der Waals surface area contributed by atoms with E-state index in [1.54, 1.807) is 52.0 Å². The standard InChI is InChI=1S/C23H34N4O8/c1-14-8-6-7-9-15(14)19(20(31)25-13-18(30)34-5)27(10-11-28)21(32)16(12-17(24)29)26-22(33)35-23(2,3)4/h6-9,16,19,28H,10-13H2,1-5H3,(H2,24,29)(H,25,31)(H,26,33). The van der Waals surface area contributed by atoms with Gasteiger partial charge in [-0.2, -0.15) is 0 Å². The summed E-state index contributed by atoms with van der Waals surface area (Å²) in [6, 6.07) is 3.94. The van der Waals surface area contributed by atoms with Crippen LogP contribution in [0.3, 0.4) is 0 Å². The quantitative estimate of drug-likeness (QED) is 0.308. The number of carbonyl (C=O) groups excluding carboxylic acids is 5. The molecule has 0 aromatic heterocycles. The maximum Gasteiger partial charge on any atom is 0.408 e. The molecule has 12 heteroatoms. The van der Waals surface area contributed by atoms with Crippen LogP contribution in [-0.2, 0) is 28.7 Å². The Morgan fingerprint density at radius 3 is 2.29 bits per heavy atom. The zero-order valence-corrected chi connectivity index (χ0v) is 20.6. The normalized spacial score (nSPS) is 12.6. The molecular weight excluding hydrogens is 460 g/mol. The molecule has 4 amide bonds. The van der Waals surface area contributed by atoms with Gasteiger partial charge in [-0.3, -0.25) is 19.2 Å². The van der Waals surface area contributed by atoms with E-state index >= 15 is 0 Å². The first-order chi connectivity index (χ1) is 16.3. The molecule has 1 rings (SSSR count). The third kappa shape index (κ3) is 9.61. The zero-order chi connectivity index (χ0) is 26.8. The molecule has 35 heavy (non-hydrogen) atoms. The Kier molecular flexibility index (Phi) is 11.1. The number of carbonyl (C=O) groups is 5. The molecule has 12 nitrogen and oxygen atoms in total. The van der Waals surface area contributed by atoms with E-state index in [2.05, 4.69) is 15.4 Å². The molecule has 1 aromatic rings. The number of nitrogens with one attached hydrogen (secondary N) is 2. The number of alkyl carbamates (subject to hydrolysis) is 1. The summed E-state index contributed by atoms with van der Waals surface area (Å²) in [6.45, 7) is 5.26. The van der Waals surface area contributed by atoms with Gasteiger partial charge in [0.1, 0.15) is 24.2 Å². The average Bonchev–Trinajstić information content (AvgIpc) is 2.75. The Morgan fingerprint density at radius 2 is 1.77 bits per heavy atom. The van der Waals surface area contributed by atoms with Crippen molar-refractivity contribution in [2.75, 3.05) is 26.8 Å². The minimum Gasteiger partial charge on any atom is -0.468 e. The fraction of sp³-hybridized carbons (Fsp3) is 0.522. The van der Waals surface area contributed by atoms with Crippen LogP contribution in [0, 0.1) is 6.92 Å². The lowest BCUT2D eigenvalue weighted by molar-refractivity contribution is -0.145. The second-order valence-corrected chi connectivity index (χ2v) is 8.68.